The molecule has 132 valence electrons. The molecule has 0 atom stereocenters. The van der Waals surface area contributed by atoms with Crippen LogP contribution in [-0.4, -0.2) is 13.4 Å². The first-order valence-electron chi connectivity index (χ1n) is 6.51. The summed E-state index contributed by atoms with van der Waals surface area (Å²) in [5.41, 5.74) is -1.83. The first-order valence-corrected chi connectivity index (χ1v) is 9.19. The molecule has 0 saturated heterocycles. The number of benzene rings is 1. The molecular formula is C14H7ClF4N2O2S2. The van der Waals surface area contributed by atoms with Crippen molar-refractivity contribution in [3.8, 4) is 0 Å². The molecule has 4 nitrogen and oxygen atoms in total. The predicted molar refractivity (Wildman–Crippen MR) is 86.8 cm³/mol. The van der Waals surface area contributed by atoms with Crippen molar-refractivity contribution in [1.29, 1.82) is 0 Å². The molecule has 25 heavy (non-hydrogen) atoms. The summed E-state index contributed by atoms with van der Waals surface area (Å²) in [6.45, 7) is 0. The number of halogens is 5. The van der Waals surface area contributed by atoms with E-state index in [0.717, 1.165) is 11.3 Å². The average Bonchev–Trinajstić information content (AvgIpc) is 2.91. The van der Waals surface area contributed by atoms with E-state index in [4.69, 9.17) is 11.6 Å². The van der Waals surface area contributed by atoms with Gasteiger partial charge in [-0.05, 0) is 30.3 Å². The van der Waals surface area contributed by atoms with Crippen LogP contribution in [0.15, 0.2) is 40.7 Å². The fourth-order valence-electron chi connectivity index (χ4n) is 2.06. The normalized spacial score (nSPS) is 12.5. The zero-order valence-corrected chi connectivity index (χ0v) is 14.3. The second-order valence-corrected chi connectivity index (χ2v) is 8.26. The first kappa shape index (κ1) is 17.9. The Hall–Kier alpha value is -1.91. The van der Waals surface area contributed by atoms with Gasteiger partial charge in [-0.25, -0.2) is 17.8 Å². The summed E-state index contributed by atoms with van der Waals surface area (Å²) in [4.78, 5) is 3.82. The Morgan fingerprint density at radius 3 is 2.52 bits per heavy atom. The molecule has 0 unspecified atom stereocenters. The van der Waals surface area contributed by atoms with Crippen LogP contribution in [-0.2, 0) is 16.2 Å². The highest BCUT2D eigenvalue weighted by atomic mass is 35.5. The van der Waals surface area contributed by atoms with Crippen LogP contribution in [0.5, 0.6) is 0 Å². The number of anilines is 1. The number of aromatic nitrogens is 1. The van der Waals surface area contributed by atoms with Gasteiger partial charge in [0.1, 0.15) is 15.2 Å². The highest BCUT2D eigenvalue weighted by Crippen LogP contribution is 2.35. The summed E-state index contributed by atoms with van der Waals surface area (Å²) in [6, 6.07) is 4.26. The summed E-state index contributed by atoms with van der Waals surface area (Å²) >= 11 is 6.74. The molecule has 11 heteroatoms. The SMILES string of the molecule is O=S(=O)(Nc1cc(F)cc(C(F)(F)F)c1)c1cc2c(Cl)nccc2s1. The Labute approximate surface area is 148 Å². The smallest absolute Gasteiger partial charge is 0.279 e. The van der Waals surface area contributed by atoms with Gasteiger partial charge in [0, 0.05) is 16.3 Å². The third kappa shape index (κ3) is 3.70. The molecule has 0 saturated carbocycles. The minimum atomic E-state index is -4.81. The number of hydrogen-bond acceptors (Lipinski definition) is 4. The largest absolute Gasteiger partial charge is 0.416 e. The number of fused-ring (bicyclic) bond motifs is 1. The number of sulfonamides is 1. The maximum absolute atomic E-state index is 13.4. The fraction of sp³-hybridized carbons (Fsp3) is 0.0714. The first-order chi connectivity index (χ1) is 11.6. The summed E-state index contributed by atoms with van der Waals surface area (Å²) in [7, 11) is -4.22. The molecule has 0 amide bonds. The minimum absolute atomic E-state index is 0.0975. The van der Waals surface area contributed by atoms with Crippen LogP contribution >= 0.6 is 22.9 Å². The molecule has 0 fully saturated rings. The number of alkyl halides is 3. The topological polar surface area (TPSA) is 59.1 Å². The van der Waals surface area contributed by atoms with E-state index < -0.39 is 33.3 Å². The van der Waals surface area contributed by atoms with Gasteiger partial charge in [-0.15, -0.1) is 11.3 Å². The van der Waals surface area contributed by atoms with E-state index in [-0.39, 0.29) is 15.4 Å². The van der Waals surface area contributed by atoms with E-state index in [1.807, 2.05) is 4.72 Å². The Bertz CT molecular complexity index is 1060. The van der Waals surface area contributed by atoms with Crippen molar-refractivity contribution in [3.05, 3.63) is 53.1 Å². The molecule has 1 N–H and O–H groups in total. The van der Waals surface area contributed by atoms with Crippen molar-refractivity contribution in [2.24, 2.45) is 0 Å². The standard InChI is InChI=1S/C14H7ClF4N2O2S2/c15-13-10-6-12(24-11(10)1-2-20-13)25(22,23)21-9-4-7(14(17,18)19)3-8(16)5-9/h1-6,21H. The quantitative estimate of drug-likeness (QED) is 0.493. The van der Waals surface area contributed by atoms with E-state index in [1.54, 1.807) is 6.07 Å². The Kier molecular flexibility index (Phi) is 4.38. The molecule has 3 aromatic rings. The van der Waals surface area contributed by atoms with E-state index in [1.165, 1.54) is 12.3 Å². The second-order valence-electron chi connectivity index (χ2n) is 4.91. The van der Waals surface area contributed by atoms with Crippen LogP contribution in [0.2, 0.25) is 5.15 Å². The Balaban J connectivity index is 2.01. The molecule has 2 heterocycles. The highest BCUT2D eigenvalue weighted by molar-refractivity contribution is 7.94. The number of nitrogens with one attached hydrogen (secondary N) is 1. The van der Waals surface area contributed by atoms with Crippen molar-refractivity contribution >= 4 is 48.7 Å². The van der Waals surface area contributed by atoms with Crippen molar-refractivity contribution in [2.75, 3.05) is 4.72 Å². The summed E-state index contributed by atoms with van der Waals surface area (Å²) < 4.78 is 78.6. The monoisotopic (exact) mass is 410 g/mol. The summed E-state index contributed by atoms with van der Waals surface area (Å²) in [5, 5.41) is 0.491. The van der Waals surface area contributed by atoms with Gasteiger partial charge in [0.05, 0.1) is 11.3 Å². The van der Waals surface area contributed by atoms with Crippen molar-refractivity contribution in [3.63, 3.8) is 0 Å². The Morgan fingerprint density at radius 2 is 1.88 bits per heavy atom. The summed E-state index contributed by atoms with van der Waals surface area (Å²) in [5.74, 6) is -1.21. The van der Waals surface area contributed by atoms with Crippen LogP contribution in [0.3, 0.4) is 0 Å². The van der Waals surface area contributed by atoms with Crippen LogP contribution < -0.4 is 4.72 Å². The van der Waals surface area contributed by atoms with Gasteiger partial charge in [0.15, 0.2) is 0 Å². The number of hydrogen-bond donors (Lipinski definition) is 1. The molecule has 0 radical (unpaired) electrons. The van der Waals surface area contributed by atoms with Crippen molar-refractivity contribution in [2.45, 2.75) is 10.4 Å². The van der Waals surface area contributed by atoms with E-state index in [0.29, 0.717) is 22.2 Å². The molecule has 0 spiro atoms. The van der Waals surface area contributed by atoms with Crippen LogP contribution in [0.4, 0.5) is 23.2 Å². The second kappa shape index (κ2) is 6.11. The minimum Gasteiger partial charge on any atom is -0.279 e. The third-order valence-corrected chi connectivity index (χ3v) is 6.37. The Morgan fingerprint density at radius 1 is 1.16 bits per heavy atom. The van der Waals surface area contributed by atoms with Crippen molar-refractivity contribution < 1.29 is 26.0 Å². The molecular weight excluding hydrogens is 404 g/mol. The maximum atomic E-state index is 13.4. The lowest BCUT2D eigenvalue weighted by Gasteiger charge is -2.11. The van der Waals surface area contributed by atoms with Crippen molar-refractivity contribution in [1.82, 2.24) is 4.98 Å². The molecule has 0 aliphatic heterocycles. The zero-order valence-electron chi connectivity index (χ0n) is 11.9. The number of nitrogens with zero attached hydrogens (tertiary/aromatic N) is 1. The van der Waals surface area contributed by atoms with Gasteiger partial charge in [-0.2, -0.15) is 13.2 Å². The van der Waals surface area contributed by atoms with Gasteiger partial charge >= 0.3 is 6.18 Å². The van der Waals surface area contributed by atoms with Crippen LogP contribution in [0.1, 0.15) is 5.56 Å². The average molecular weight is 411 g/mol. The maximum Gasteiger partial charge on any atom is 0.416 e. The number of rotatable bonds is 3. The van der Waals surface area contributed by atoms with Gasteiger partial charge < -0.3 is 0 Å². The lowest BCUT2D eigenvalue weighted by molar-refractivity contribution is -0.137. The van der Waals surface area contributed by atoms with E-state index in [2.05, 4.69) is 4.98 Å². The van der Waals surface area contributed by atoms with E-state index >= 15 is 0 Å². The molecule has 0 bridgehead atoms. The zero-order chi connectivity index (χ0) is 18.4. The van der Waals surface area contributed by atoms with Gasteiger partial charge in [-0.1, -0.05) is 11.6 Å². The molecule has 0 aliphatic carbocycles. The third-order valence-electron chi connectivity index (χ3n) is 3.12. The van der Waals surface area contributed by atoms with Gasteiger partial charge in [0.2, 0.25) is 0 Å². The fourth-order valence-corrected chi connectivity index (χ4v) is 4.75. The highest BCUT2D eigenvalue weighted by Gasteiger charge is 2.32. The molecule has 0 aliphatic rings. The molecule has 3 rings (SSSR count). The van der Waals surface area contributed by atoms with Gasteiger partial charge in [-0.3, -0.25) is 4.72 Å². The number of pyridine rings is 1. The van der Waals surface area contributed by atoms with Crippen LogP contribution in [0.25, 0.3) is 10.1 Å². The summed E-state index contributed by atoms with van der Waals surface area (Å²) in [6.07, 6.45) is -3.41. The molecule has 2 aromatic heterocycles. The molecule has 1 aromatic carbocycles. The van der Waals surface area contributed by atoms with Crippen LogP contribution in [0, 0.1) is 5.82 Å². The number of thiophene rings is 1. The predicted octanol–water partition coefficient (Wildman–Crippen LogP) is 4.91. The lowest BCUT2D eigenvalue weighted by atomic mass is 10.2. The van der Waals surface area contributed by atoms with E-state index in [9.17, 15) is 26.0 Å². The lowest BCUT2D eigenvalue weighted by Crippen LogP contribution is -2.13. The van der Waals surface area contributed by atoms with Gasteiger partial charge in [0.25, 0.3) is 10.0 Å².